The molecule has 0 aliphatic carbocycles. The van der Waals surface area contributed by atoms with Crippen LogP contribution in [0.4, 0.5) is 11.4 Å². The van der Waals surface area contributed by atoms with Crippen molar-refractivity contribution < 1.29 is 179 Å². The summed E-state index contributed by atoms with van der Waals surface area (Å²) in [6.45, 7) is 11.5. The number of anilines is 1. The Labute approximate surface area is 335 Å². The Morgan fingerprint density at radius 3 is 1.68 bits per heavy atom. The molecule has 3 rings (SSSR count). The molecule has 1 atom stereocenters. The van der Waals surface area contributed by atoms with Crippen LogP contribution in [0.3, 0.4) is 0 Å². The van der Waals surface area contributed by atoms with Crippen LogP contribution < -0.4 is 38.8 Å². The number of ether oxygens (including phenoxy) is 2. The van der Waals surface area contributed by atoms with Crippen LogP contribution in [0.5, 0.6) is 11.5 Å². The zero-order valence-corrected chi connectivity index (χ0v) is 46.6. The molecule has 41 heavy (non-hydrogen) atoms. The molecule has 0 spiro atoms. The molecule has 2 aromatic carbocycles. The van der Waals surface area contributed by atoms with Gasteiger partial charge in [0.2, 0.25) is 0 Å². The van der Waals surface area contributed by atoms with E-state index in [4.69, 9.17) is 9.47 Å². The summed E-state index contributed by atoms with van der Waals surface area (Å²) >= 11 is 1.25. The number of hydrogen-bond acceptors (Lipinski definition) is 3. The van der Waals surface area contributed by atoms with Gasteiger partial charge in [-0.25, -0.2) is 0 Å². The Bertz CT molecular complexity index is 1100. The number of benzene rings is 2. The number of fused-ring (bicyclic) bond motifs is 1. The maximum absolute atomic E-state index is 5.73. The van der Waals surface area contributed by atoms with E-state index in [1.165, 1.54) is 17.0 Å². The van der Waals surface area contributed by atoms with Crippen LogP contribution in [0.25, 0.3) is 6.08 Å². The Morgan fingerprint density at radius 2 is 1.29 bits per heavy atom. The molecule has 4 nitrogen and oxygen atoms in total. The van der Waals surface area contributed by atoms with Crippen molar-refractivity contribution in [1.29, 1.82) is 0 Å². The summed E-state index contributed by atoms with van der Waals surface area (Å²) in [6.07, 6.45) is 4.29. The summed E-state index contributed by atoms with van der Waals surface area (Å²) in [5.41, 5.74) is 5.41. The molecule has 1 unspecified atom stereocenters. The van der Waals surface area contributed by atoms with Gasteiger partial charge < -0.3 is 24.0 Å². The SMILES string of the molecule is COc1[c-]c(N[C](C)([Hg])[Hg])[c-]c(OC)c1/C=C/C1=[N+](C)c2ccccc2C1(C)C(C)(C)C.[He].[He].[He].[He].[He].[He].[Hf].[Hf].[I-]. The van der Waals surface area contributed by atoms with Crippen molar-refractivity contribution in [2.24, 2.45) is 5.41 Å². The molecule has 1 N–H and O–H groups in total. The maximum atomic E-state index is 5.73. The molecule has 1 aliphatic rings. The number of rotatable bonds is 6. The molecule has 1 heterocycles. The number of methoxy groups -OCH3 is 2. The van der Waals surface area contributed by atoms with Crippen LogP contribution in [-0.2, 0) is 109 Å². The van der Waals surface area contributed by atoms with Crippen LogP contribution >= 0.6 is 0 Å². The van der Waals surface area contributed by atoms with Gasteiger partial charge in [-0.2, -0.15) is 0 Å². The van der Waals surface area contributed by atoms with Crippen molar-refractivity contribution in [1.82, 2.24) is 0 Å². The summed E-state index contributed by atoms with van der Waals surface area (Å²) < 4.78 is 14.0. The fourth-order valence-corrected chi connectivity index (χ4v) is 5.73. The van der Waals surface area contributed by atoms with Crippen LogP contribution in [0, 0.1) is 54.5 Å². The summed E-state index contributed by atoms with van der Waals surface area (Å²) in [7, 11) is 5.52. The zero-order chi connectivity index (χ0) is 23.9. The molecule has 2 aromatic rings. The molecule has 0 saturated carbocycles. The Kier molecular flexibility index (Phi) is 31.7. The van der Waals surface area contributed by atoms with Gasteiger partial charge in [0.1, 0.15) is 0 Å². The second-order valence-electron chi connectivity index (χ2n) is 9.96. The molecule has 0 amide bonds. The van der Waals surface area contributed by atoms with E-state index in [9.17, 15) is 0 Å². The van der Waals surface area contributed by atoms with Crippen LogP contribution in [0.15, 0.2) is 30.3 Å². The Morgan fingerprint density at radius 1 is 0.854 bits per heavy atom. The van der Waals surface area contributed by atoms with Crippen molar-refractivity contribution in [3.63, 3.8) is 0 Å². The number of halogens is 1. The third kappa shape index (κ3) is 12.4. The van der Waals surface area contributed by atoms with E-state index in [-0.39, 0.29) is 124 Å². The summed E-state index contributed by atoms with van der Waals surface area (Å²) in [6, 6.07) is 15.4. The fraction of sp³-hybridized carbons (Fsp3) is 0.423. The van der Waals surface area contributed by atoms with Crippen molar-refractivity contribution in [2.75, 3.05) is 26.6 Å². The topological polar surface area (TPSA) is 33.5 Å². The molecule has 0 aromatic heterocycles. The molecule has 0 radical (unpaired) electrons. The van der Waals surface area contributed by atoms with Gasteiger partial charge in [-0.3, -0.25) is 0 Å². The second kappa shape index (κ2) is 22.5. The number of para-hydroxylation sites is 1. The molecular formula is C26H31He6Hf2Hg2IN2O2-2. The standard InChI is InChI=1S/C26H31N2O2.6He.2Hf.2Hg.HI/c1-9-27-18-16-22(29-7)19(23(17-18)30-8)14-15-24-26(5,25(2,3)4)20-12-10-11-13-21(20)28(24)6;;;;;;;;;;;/h10-15,27H,1-8H3;;;;;;;;;;;1H/q-1;;;;;;;;;;;/p-1. The van der Waals surface area contributed by atoms with Gasteiger partial charge >= 0.3 is 215 Å². The third-order valence-corrected chi connectivity index (χ3v) is 7.76. The first-order valence-corrected chi connectivity index (χ1v) is 16.3. The van der Waals surface area contributed by atoms with Gasteiger partial charge in [0.25, 0.3) is 0 Å². The third-order valence-electron chi connectivity index (χ3n) is 6.39. The monoisotopic (exact) mass is 1320 g/mol. The van der Waals surface area contributed by atoms with Crippen molar-refractivity contribution in [3.8, 4) is 11.5 Å². The molecule has 1 aliphatic heterocycles. The summed E-state index contributed by atoms with van der Waals surface area (Å²) in [5, 5.41) is 3.57. The average Bonchev–Trinajstić information content (AvgIpc) is 2.93. The normalized spacial score (nSPS) is 14.7. The number of allylic oxidation sites excluding steroid dienone is 1. The Hall–Kier alpha value is 1.04. The molecule has 0 saturated heterocycles. The second-order valence-corrected chi connectivity index (χ2v) is 37.2. The summed E-state index contributed by atoms with van der Waals surface area (Å²) in [4.78, 5) is 0. The van der Waals surface area contributed by atoms with E-state index >= 15 is 0 Å². The predicted molar refractivity (Wildman–Crippen MR) is 122 cm³/mol. The van der Waals surface area contributed by atoms with Crippen molar-refractivity contribution in [2.45, 2.75) is 40.6 Å². The quantitative estimate of drug-likeness (QED) is 0.209. The number of nitrogens with one attached hydrogen (secondary N) is 1. The van der Waals surface area contributed by atoms with E-state index in [1.807, 2.05) is 0 Å². The van der Waals surface area contributed by atoms with Gasteiger partial charge in [-0.05, 0) is 0 Å². The van der Waals surface area contributed by atoms with Gasteiger partial charge in [0.15, 0.2) is 0 Å². The van der Waals surface area contributed by atoms with E-state index in [1.54, 1.807) is 14.2 Å². The van der Waals surface area contributed by atoms with Gasteiger partial charge in [0, 0.05) is 88.6 Å². The first kappa shape index (κ1) is 57.7. The minimum absolute atomic E-state index is 0. The first-order valence-electron chi connectivity index (χ1n) is 10.8. The first-order chi connectivity index (χ1) is 14.8. The molecule has 0 bridgehead atoms. The molecule has 0 fully saturated rings. The van der Waals surface area contributed by atoms with Gasteiger partial charge in [-0.15, -0.1) is 0 Å². The van der Waals surface area contributed by atoms with Crippen molar-refractivity contribution >= 4 is 23.2 Å². The minimum atomic E-state index is -0.143. The van der Waals surface area contributed by atoms with Crippen LogP contribution in [-0.4, -0.2) is 32.1 Å². The van der Waals surface area contributed by atoms with Crippen LogP contribution in [0.1, 0.15) is 45.7 Å². The van der Waals surface area contributed by atoms with Gasteiger partial charge in [-0.1, -0.05) is 12.1 Å². The fourth-order valence-electron chi connectivity index (χ4n) is 4.35. The van der Waals surface area contributed by atoms with E-state index in [0.29, 0.717) is 63.7 Å². The van der Waals surface area contributed by atoms with E-state index in [0.717, 1.165) is 11.3 Å². The van der Waals surface area contributed by atoms with Crippen molar-refractivity contribution in [3.05, 3.63) is 53.6 Å². The predicted octanol–water partition coefficient (Wildman–Crippen LogP) is 2.23. The summed E-state index contributed by atoms with van der Waals surface area (Å²) in [5.74, 6) is 1.34. The average molecular weight is 1310 g/mol. The Balaban J connectivity index is -0.000000257. The number of nitrogens with zero attached hydrogens (tertiary/aromatic N) is 1. The molecule has 15 heteroatoms. The molecular weight excluding hydrogens is 1280 g/mol. The van der Waals surface area contributed by atoms with E-state index < -0.39 is 0 Å². The minimum Gasteiger partial charge on any atom is -1.00 e. The zero-order valence-electron chi connectivity index (χ0n) is 26.3. The molecule has 190 valence electrons. The van der Waals surface area contributed by atoms with Gasteiger partial charge in [0.05, 0.1) is 0 Å². The van der Waals surface area contributed by atoms with E-state index in [2.05, 4.69) is 100 Å². The smallest absolute Gasteiger partial charge is 1.00 e. The number of hydrogen-bond donors (Lipinski definition) is 1. The van der Waals surface area contributed by atoms with Crippen LogP contribution in [0.2, 0.25) is 0 Å².